The van der Waals surface area contributed by atoms with E-state index in [4.69, 9.17) is 15.2 Å². The van der Waals surface area contributed by atoms with E-state index >= 15 is 0 Å². The molecule has 0 fully saturated rings. The van der Waals surface area contributed by atoms with E-state index in [0.29, 0.717) is 18.9 Å². The summed E-state index contributed by atoms with van der Waals surface area (Å²) in [6.07, 6.45) is 0. The summed E-state index contributed by atoms with van der Waals surface area (Å²) in [7, 11) is 0. The fourth-order valence-electron chi connectivity index (χ4n) is 2.16. The number of nitrogens with two attached hydrogens (primary N) is 1. The van der Waals surface area contributed by atoms with Gasteiger partial charge < -0.3 is 20.5 Å². The Balaban J connectivity index is 1.75. The Morgan fingerprint density at radius 1 is 1.05 bits per heavy atom. The van der Waals surface area contributed by atoms with Gasteiger partial charge in [0.05, 0.1) is 11.4 Å². The van der Waals surface area contributed by atoms with Crippen LogP contribution >= 0.6 is 0 Å². The lowest BCUT2D eigenvalue weighted by atomic mass is 10.1. The molecule has 0 aromatic heterocycles. The van der Waals surface area contributed by atoms with Gasteiger partial charge in [0.15, 0.2) is 11.5 Å². The number of nitrogens with one attached hydrogen (secondary N) is 1. The van der Waals surface area contributed by atoms with Crippen molar-refractivity contribution in [1.82, 2.24) is 0 Å². The highest BCUT2D eigenvalue weighted by atomic mass is 16.6. The van der Waals surface area contributed by atoms with E-state index in [2.05, 4.69) is 36.5 Å². The molecule has 4 heteroatoms. The number of aryl methyl sites for hydroxylation is 1. The van der Waals surface area contributed by atoms with E-state index in [1.54, 1.807) is 0 Å². The summed E-state index contributed by atoms with van der Waals surface area (Å²) >= 11 is 0. The number of anilines is 2. The van der Waals surface area contributed by atoms with Gasteiger partial charge in [-0.2, -0.15) is 0 Å². The lowest BCUT2D eigenvalue weighted by molar-refractivity contribution is 0.172. The zero-order valence-corrected chi connectivity index (χ0v) is 11.5. The average molecular weight is 270 g/mol. The van der Waals surface area contributed by atoms with E-state index in [9.17, 15) is 0 Å². The summed E-state index contributed by atoms with van der Waals surface area (Å²) in [5.74, 6) is 1.46. The molecule has 0 saturated carbocycles. The fourth-order valence-corrected chi connectivity index (χ4v) is 2.16. The first kappa shape index (κ1) is 12.7. The molecule has 2 aromatic carbocycles. The van der Waals surface area contributed by atoms with Gasteiger partial charge in [-0.25, -0.2) is 0 Å². The van der Waals surface area contributed by atoms with Gasteiger partial charge >= 0.3 is 0 Å². The molecule has 0 amide bonds. The molecule has 0 spiro atoms. The molecule has 0 atom stereocenters. The highest BCUT2D eigenvalue weighted by Crippen LogP contribution is 2.37. The zero-order chi connectivity index (χ0) is 13.9. The van der Waals surface area contributed by atoms with E-state index in [1.165, 1.54) is 11.1 Å². The van der Waals surface area contributed by atoms with E-state index in [-0.39, 0.29) is 0 Å². The van der Waals surface area contributed by atoms with Gasteiger partial charge in [0.2, 0.25) is 0 Å². The van der Waals surface area contributed by atoms with Crippen LogP contribution in [0.15, 0.2) is 36.4 Å². The van der Waals surface area contributed by atoms with Crippen molar-refractivity contribution in [3.8, 4) is 11.5 Å². The molecule has 3 rings (SSSR count). The Kier molecular flexibility index (Phi) is 3.37. The lowest BCUT2D eigenvalue weighted by Crippen LogP contribution is -2.16. The van der Waals surface area contributed by atoms with Crippen molar-refractivity contribution in [3.05, 3.63) is 47.5 Å². The number of hydrogen-bond donors (Lipinski definition) is 2. The molecule has 2 aromatic rings. The SMILES string of the molecule is Cc1ccc(CNc2cc3c(cc2N)OCCO3)cc1. The lowest BCUT2D eigenvalue weighted by Gasteiger charge is -2.20. The highest BCUT2D eigenvalue weighted by Gasteiger charge is 2.14. The Morgan fingerprint density at radius 2 is 1.70 bits per heavy atom. The fraction of sp³-hybridized carbons (Fsp3) is 0.250. The van der Waals surface area contributed by atoms with Crippen LogP contribution in [0.4, 0.5) is 11.4 Å². The number of nitrogen functional groups attached to an aromatic ring is 1. The van der Waals surface area contributed by atoms with Crippen molar-refractivity contribution >= 4 is 11.4 Å². The van der Waals surface area contributed by atoms with Crippen LogP contribution in [0.3, 0.4) is 0 Å². The van der Waals surface area contributed by atoms with Crippen molar-refractivity contribution < 1.29 is 9.47 Å². The molecule has 0 aliphatic carbocycles. The Bertz CT molecular complexity index is 609. The van der Waals surface area contributed by atoms with Gasteiger partial charge in [-0.1, -0.05) is 29.8 Å². The summed E-state index contributed by atoms with van der Waals surface area (Å²) in [4.78, 5) is 0. The van der Waals surface area contributed by atoms with Gasteiger partial charge in [0.25, 0.3) is 0 Å². The van der Waals surface area contributed by atoms with Gasteiger partial charge in [-0.15, -0.1) is 0 Å². The van der Waals surface area contributed by atoms with Crippen LogP contribution in [0.5, 0.6) is 11.5 Å². The standard InChI is InChI=1S/C16H18N2O2/c1-11-2-4-12(5-3-11)10-18-14-9-16-15(8-13(14)17)19-6-7-20-16/h2-5,8-9,18H,6-7,10,17H2,1H3. The molecule has 1 aliphatic heterocycles. The summed E-state index contributed by atoms with van der Waals surface area (Å²) in [5, 5.41) is 3.34. The van der Waals surface area contributed by atoms with Crippen molar-refractivity contribution in [2.24, 2.45) is 0 Å². The third-order valence-electron chi connectivity index (χ3n) is 3.32. The molecule has 0 saturated heterocycles. The van der Waals surface area contributed by atoms with Crippen LogP contribution < -0.4 is 20.5 Å². The predicted molar refractivity (Wildman–Crippen MR) is 80.4 cm³/mol. The molecular formula is C16H18N2O2. The van der Waals surface area contributed by atoms with Gasteiger partial charge in [-0.3, -0.25) is 0 Å². The third kappa shape index (κ3) is 2.64. The minimum absolute atomic E-state index is 0.572. The molecule has 0 bridgehead atoms. The average Bonchev–Trinajstić information content (AvgIpc) is 2.47. The van der Waals surface area contributed by atoms with Crippen LogP contribution in [0.1, 0.15) is 11.1 Å². The largest absolute Gasteiger partial charge is 0.486 e. The maximum atomic E-state index is 6.03. The summed E-state index contributed by atoms with van der Waals surface area (Å²) in [6, 6.07) is 12.1. The Hall–Kier alpha value is -2.36. The first-order valence-corrected chi connectivity index (χ1v) is 6.71. The molecule has 1 heterocycles. The van der Waals surface area contributed by atoms with Crippen molar-refractivity contribution in [2.45, 2.75) is 13.5 Å². The minimum Gasteiger partial charge on any atom is -0.486 e. The number of rotatable bonds is 3. The third-order valence-corrected chi connectivity index (χ3v) is 3.32. The number of fused-ring (bicyclic) bond motifs is 1. The molecule has 0 radical (unpaired) electrons. The van der Waals surface area contributed by atoms with E-state index < -0.39 is 0 Å². The topological polar surface area (TPSA) is 56.5 Å². The molecule has 4 nitrogen and oxygen atoms in total. The van der Waals surface area contributed by atoms with Gasteiger partial charge in [-0.05, 0) is 12.5 Å². The monoisotopic (exact) mass is 270 g/mol. The van der Waals surface area contributed by atoms with Crippen LogP contribution in [-0.2, 0) is 6.54 Å². The molecule has 0 unspecified atom stereocenters. The summed E-state index contributed by atoms with van der Waals surface area (Å²) < 4.78 is 11.1. The van der Waals surface area contributed by atoms with E-state index in [0.717, 1.165) is 23.7 Å². The van der Waals surface area contributed by atoms with Crippen LogP contribution in [0.2, 0.25) is 0 Å². The normalized spacial score (nSPS) is 13.1. The summed E-state index contributed by atoms with van der Waals surface area (Å²) in [6.45, 7) is 3.96. The first-order chi connectivity index (χ1) is 9.72. The zero-order valence-electron chi connectivity index (χ0n) is 11.5. The molecular weight excluding hydrogens is 252 g/mol. The quantitative estimate of drug-likeness (QED) is 0.842. The van der Waals surface area contributed by atoms with Crippen molar-refractivity contribution in [1.29, 1.82) is 0 Å². The second-order valence-electron chi connectivity index (χ2n) is 4.92. The van der Waals surface area contributed by atoms with Crippen LogP contribution in [0.25, 0.3) is 0 Å². The van der Waals surface area contributed by atoms with Crippen LogP contribution in [-0.4, -0.2) is 13.2 Å². The number of benzene rings is 2. The van der Waals surface area contributed by atoms with E-state index in [1.807, 2.05) is 12.1 Å². The Morgan fingerprint density at radius 3 is 2.40 bits per heavy atom. The molecule has 1 aliphatic rings. The molecule has 20 heavy (non-hydrogen) atoms. The smallest absolute Gasteiger partial charge is 0.163 e. The van der Waals surface area contributed by atoms with Crippen molar-refractivity contribution in [2.75, 3.05) is 24.3 Å². The number of hydrogen-bond acceptors (Lipinski definition) is 4. The second kappa shape index (κ2) is 5.33. The first-order valence-electron chi connectivity index (χ1n) is 6.71. The number of ether oxygens (including phenoxy) is 2. The molecule has 3 N–H and O–H groups in total. The van der Waals surface area contributed by atoms with Gasteiger partial charge in [0.1, 0.15) is 13.2 Å². The molecule has 104 valence electrons. The maximum absolute atomic E-state index is 6.03. The van der Waals surface area contributed by atoms with Crippen molar-refractivity contribution in [3.63, 3.8) is 0 Å². The second-order valence-corrected chi connectivity index (χ2v) is 4.92. The van der Waals surface area contributed by atoms with Gasteiger partial charge in [0, 0.05) is 18.7 Å². The minimum atomic E-state index is 0.572. The maximum Gasteiger partial charge on any atom is 0.163 e. The Labute approximate surface area is 118 Å². The summed E-state index contributed by atoms with van der Waals surface area (Å²) in [5.41, 5.74) is 10.0. The highest BCUT2D eigenvalue weighted by molar-refractivity contribution is 5.72. The predicted octanol–water partition coefficient (Wildman–Crippen LogP) is 2.96. The van der Waals surface area contributed by atoms with Crippen LogP contribution in [0, 0.1) is 6.92 Å².